The van der Waals surface area contributed by atoms with Gasteiger partial charge in [0.05, 0.1) is 18.4 Å². The van der Waals surface area contributed by atoms with Crippen molar-refractivity contribution in [1.29, 1.82) is 0 Å². The summed E-state index contributed by atoms with van der Waals surface area (Å²) in [7, 11) is 0. The van der Waals surface area contributed by atoms with Gasteiger partial charge in [-0.05, 0) is 43.5 Å². The molecule has 2 atom stereocenters. The van der Waals surface area contributed by atoms with Crippen LogP contribution in [0.3, 0.4) is 0 Å². The van der Waals surface area contributed by atoms with Crippen LogP contribution in [0.4, 0.5) is 13.2 Å². The molecule has 0 saturated carbocycles. The topological polar surface area (TPSA) is 66.8 Å². The molecule has 1 fully saturated rings. The normalized spacial score (nSPS) is 20.3. The lowest BCUT2D eigenvalue weighted by Crippen LogP contribution is -2.34. The summed E-state index contributed by atoms with van der Waals surface area (Å²) in [4.78, 5) is 24.1. The minimum atomic E-state index is -4.63. The molecular formula is C18H22F3NO4. The number of nitrogens with zero attached hydrogens (tertiary/aromatic N) is 1. The number of ether oxygens (including phenoxy) is 1. The first-order valence-corrected chi connectivity index (χ1v) is 8.37. The quantitative estimate of drug-likeness (QED) is 0.778. The fourth-order valence-corrected chi connectivity index (χ4v) is 2.96. The number of hydrogen-bond donors (Lipinski definition) is 1. The molecule has 1 aliphatic heterocycles. The molecule has 0 aliphatic carbocycles. The number of aliphatic carboxylic acids is 1. The highest BCUT2D eigenvalue weighted by Gasteiger charge is 2.53. The zero-order valence-electron chi connectivity index (χ0n) is 14.7. The number of carbonyl (C=O) groups excluding carboxylic acids is 1. The van der Waals surface area contributed by atoms with E-state index in [4.69, 9.17) is 9.84 Å². The molecule has 1 aromatic carbocycles. The SMILES string of the molecule is Cc1ccc(OCCCC(=O)N2C[C@@H](C(F)(F)F)[C@H](C(=O)O)C2)cc1C. The van der Waals surface area contributed by atoms with Gasteiger partial charge in [-0.2, -0.15) is 13.2 Å². The van der Waals surface area contributed by atoms with Gasteiger partial charge in [-0.1, -0.05) is 6.07 Å². The molecule has 0 aromatic heterocycles. The molecule has 0 bridgehead atoms. The van der Waals surface area contributed by atoms with Gasteiger partial charge < -0.3 is 14.7 Å². The van der Waals surface area contributed by atoms with Gasteiger partial charge in [0.2, 0.25) is 5.91 Å². The van der Waals surface area contributed by atoms with E-state index in [1.54, 1.807) is 0 Å². The van der Waals surface area contributed by atoms with Crippen LogP contribution in [-0.4, -0.2) is 47.8 Å². The molecule has 1 heterocycles. The average Bonchev–Trinajstić information content (AvgIpc) is 3.00. The van der Waals surface area contributed by atoms with Crippen molar-refractivity contribution in [2.75, 3.05) is 19.7 Å². The fraction of sp³-hybridized carbons (Fsp3) is 0.556. The van der Waals surface area contributed by atoms with Crippen molar-refractivity contribution >= 4 is 11.9 Å². The Kier molecular flexibility index (Phi) is 6.15. The second kappa shape index (κ2) is 7.97. The molecule has 0 radical (unpaired) electrons. The third kappa shape index (κ3) is 4.89. The third-order valence-electron chi connectivity index (χ3n) is 4.69. The number of hydrogen-bond acceptors (Lipinski definition) is 3. The van der Waals surface area contributed by atoms with Crippen molar-refractivity contribution in [2.45, 2.75) is 32.9 Å². The first-order valence-electron chi connectivity index (χ1n) is 8.37. The number of benzene rings is 1. The lowest BCUT2D eigenvalue weighted by Gasteiger charge is -2.18. The van der Waals surface area contributed by atoms with Gasteiger partial charge in [0, 0.05) is 19.5 Å². The molecule has 1 saturated heterocycles. The molecule has 2 rings (SSSR count). The minimum absolute atomic E-state index is 0.0156. The number of likely N-dealkylation sites (tertiary alicyclic amines) is 1. The number of carboxylic acid groups (broad SMARTS) is 1. The van der Waals surface area contributed by atoms with Crippen LogP contribution in [0.5, 0.6) is 5.75 Å². The van der Waals surface area contributed by atoms with Crippen molar-refractivity contribution in [1.82, 2.24) is 4.90 Å². The molecular weight excluding hydrogens is 351 g/mol. The summed E-state index contributed by atoms with van der Waals surface area (Å²) in [6.45, 7) is 3.18. The maximum atomic E-state index is 12.9. The van der Waals surface area contributed by atoms with Crippen molar-refractivity contribution < 1.29 is 32.6 Å². The summed E-state index contributed by atoms with van der Waals surface area (Å²) in [5.41, 5.74) is 2.21. The lowest BCUT2D eigenvalue weighted by molar-refractivity contribution is -0.188. The maximum absolute atomic E-state index is 12.9. The molecule has 5 nitrogen and oxygen atoms in total. The van der Waals surface area contributed by atoms with E-state index < -0.39 is 43.0 Å². The standard InChI is InChI=1S/C18H22F3NO4/c1-11-5-6-13(8-12(11)2)26-7-3-4-16(23)22-9-14(17(24)25)15(10-22)18(19,20)21/h5-6,8,14-15H,3-4,7,9-10H2,1-2H3,(H,24,25)/t14-,15-/m1/s1. The Hall–Kier alpha value is -2.25. The Morgan fingerprint density at radius 3 is 2.46 bits per heavy atom. The number of carboxylic acids is 1. The second-order valence-electron chi connectivity index (χ2n) is 6.59. The zero-order valence-corrected chi connectivity index (χ0v) is 14.7. The van der Waals surface area contributed by atoms with Crippen molar-refractivity contribution in [3.63, 3.8) is 0 Å². The summed E-state index contributed by atoms with van der Waals surface area (Å²) >= 11 is 0. The largest absolute Gasteiger partial charge is 0.494 e. The third-order valence-corrected chi connectivity index (χ3v) is 4.69. The number of alkyl halides is 3. The van der Waals surface area contributed by atoms with Crippen LogP contribution >= 0.6 is 0 Å². The summed E-state index contributed by atoms with van der Waals surface area (Å²) in [5.74, 6) is -4.96. The summed E-state index contributed by atoms with van der Waals surface area (Å²) < 4.78 is 44.4. The number of rotatable bonds is 6. The fourth-order valence-electron chi connectivity index (χ4n) is 2.96. The first-order chi connectivity index (χ1) is 12.1. The number of amides is 1. The predicted octanol–water partition coefficient (Wildman–Crippen LogP) is 3.18. The smallest absolute Gasteiger partial charge is 0.394 e. The van der Waals surface area contributed by atoms with E-state index in [1.165, 1.54) is 0 Å². The average molecular weight is 373 g/mol. The number of carbonyl (C=O) groups is 2. The van der Waals surface area contributed by atoms with Crippen molar-refractivity contribution in [3.05, 3.63) is 29.3 Å². The van der Waals surface area contributed by atoms with Gasteiger partial charge in [-0.25, -0.2) is 0 Å². The summed E-state index contributed by atoms with van der Waals surface area (Å²) in [5, 5.41) is 8.97. The van der Waals surface area contributed by atoms with Gasteiger partial charge in [-0.15, -0.1) is 0 Å². The van der Waals surface area contributed by atoms with Gasteiger partial charge in [0.1, 0.15) is 5.75 Å². The zero-order chi connectivity index (χ0) is 19.5. The molecule has 1 aromatic rings. The van der Waals surface area contributed by atoms with Crippen LogP contribution in [0.1, 0.15) is 24.0 Å². The monoisotopic (exact) mass is 373 g/mol. The Morgan fingerprint density at radius 1 is 1.23 bits per heavy atom. The molecule has 0 spiro atoms. The summed E-state index contributed by atoms with van der Waals surface area (Å²) in [6.07, 6.45) is -4.27. The highest BCUT2D eigenvalue weighted by atomic mass is 19.4. The molecule has 1 amide bonds. The minimum Gasteiger partial charge on any atom is -0.494 e. The van der Waals surface area contributed by atoms with E-state index >= 15 is 0 Å². The van der Waals surface area contributed by atoms with E-state index in [-0.39, 0.29) is 13.0 Å². The highest BCUT2D eigenvalue weighted by molar-refractivity contribution is 5.79. The first kappa shape index (κ1) is 20.1. The van der Waals surface area contributed by atoms with Crippen molar-refractivity contribution in [2.24, 2.45) is 11.8 Å². The van der Waals surface area contributed by atoms with Gasteiger partial charge >= 0.3 is 12.1 Å². The molecule has 26 heavy (non-hydrogen) atoms. The molecule has 8 heteroatoms. The van der Waals surface area contributed by atoms with Crippen LogP contribution in [0, 0.1) is 25.7 Å². The van der Waals surface area contributed by atoms with E-state index in [1.807, 2.05) is 32.0 Å². The van der Waals surface area contributed by atoms with Crippen LogP contribution < -0.4 is 4.74 Å². The van der Waals surface area contributed by atoms with Gasteiger partial charge in [0.25, 0.3) is 0 Å². The number of aryl methyl sites for hydroxylation is 2. The lowest BCUT2D eigenvalue weighted by atomic mass is 9.96. The molecule has 1 N–H and O–H groups in total. The number of halogens is 3. The van der Waals surface area contributed by atoms with Crippen molar-refractivity contribution in [3.8, 4) is 5.75 Å². The molecule has 0 unspecified atom stereocenters. The van der Waals surface area contributed by atoms with Crippen LogP contribution in [-0.2, 0) is 9.59 Å². The van der Waals surface area contributed by atoms with Crippen LogP contribution in [0.2, 0.25) is 0 Å². The second-order valence-corrected chi connectivity index (χ2v) is 6.59. The van der Waals surface area contributed by atoms with E-state index in [9.17, 15) is 22.8 Å². The Balaban J connectivity index is 1.82. The van der Waals surface area contributed by atoms with Crippen LogP contribution in [0.15, 0.2) is 18.2 Å². The Labute approximate surface area is 149 Å². The van der Waals surface area contributed by atoms with Crippen LogP contribution in [0.25, 0.3) is 0 Å². The summed E-state index contributed by atoms with van der Waals surface area (Å²) in [6, 6.07) is 5.61. The predicted molar refractivity (Wildman–Crippen MR) is 87.9 cm³/mol. The molecule has 144 valence electrons. The van der Waals surface area contributed by atoms with E-state index in [0.29, 0.717) is 12.2 Å². The van der Waals surface area contributed by atoms with Gasteiger partial charge in [-0.3, -0.25) is 9.59 Å². The molecule has 1 aliphatic rings. The van der Waals surface area contributed by atoms with E-state index in [0.717, 1.165) is 16.0 Å². The Bertz CT molecular complexity index is 675. The van der Waals surface area contributed by atoms with Gasteiger partial charge in [0.15, 0.2) is 0 Å². The van der Waals surface area contributed by atoms with E-state index in [2.05, 4.69) is 0 Å². The maximum Gasteiger partial charge on any atom is 0.394 e. The highest BCUT2D eigenvalue weighted by Crippen LogP contribution is 2.37. The Morgan fingerprint density at radius 2 is 1.92 bits per heavy atom.